The summed E-state index contributed by atoms with van der Waals surface area (Å²) in [6.45, 7) is -2.64. The molecule has 1 amide bonds. The van der Waals surface area contributed by atoms with Crippen molar-refractivity contribution >= 4 is 16.9 Å². The molecule has 0 saturated carbocycles. The molecule has 9 heteroatoms. The number of rotatable bonds is 4. The molecule has 182 valence electrons. The van der Waals surface area contributed by atoms with Crippen LogP contribution in [0.3, 0.4) is 0 Å². The Hall–Kier alpha value is -3.48. The Bertz CT molecular complexity index is 1490. The van der Waals surface area contributed by atoms with Crippen molar-refractivity contribution < 1.29 is 27.5 Å². The van der Waals surface area contributed by atoms with E-state index >= 15 is 0 Å². The first-order valence-corrected chi connectivity index (χ1v) is 11.2. The minimum Gasteiger partial charge on any atom is -0.434 e. The number of nitrogens with two attached hydrogens (primary N) is 1. The number of benzene rings is 2. The number of fused-ring (bicyclic) bond motifs is 9. The minimum atomic E-state index is -3.13. The molecule has 5 rings (SSSR count). The fourth-order valence-electron chi connectivity index (χ4n) is 4.95. The molecule has 0 radical (unpaired) electrons. The van der Waals surface area contributed by atoms with Gasteiger partial charge in [0.25, 0.3) is 5.91 Å². The molecule has 1 aromatic heterocycles. The average Bonchev–Trinajstić information content (AvgIpc) is 3.28. The molecule has 0 unspecified atom stereocenters. The van der Waals surface area contributed by atoms with Crippen LogP contribution in [0, 0.1) is 11.8 Å². The summed E-state index contributed by atoms with van der Waals surface area (Å²) in [5.74, 6) is 5.29. The van der Waals surface area contributed by atoms with Crippen molar-refractivity contribution in [2.75, 3.05) is 6.98 Å². The lowest BCUT2D eigenvalue weighted by Gasteiger charge is -2.24. The van der Waals surface area contributed by atoms with Crippen LogP contribution >= 0.6 is 0 Å². The van der Waals surface area contributed by atoms with Gasteiger partial charge in [0.2, 0.25) is 0 Å². The first-order chi connectivity index (χ1) is 17.7. The highest BCUT2D eigenvalue weighted by Crippen LogP contribution is 2.49. The normalized spacial score (nSPS) is 21.4. The van der Waals surface area contributed by atoms with Crippen LogP contribution < -0.4 is 10.5 Å². The molecule has 2 aromatic carbocycles. The lowest BCUT2D eigenvalue weighted by atomic mass is 9.97. The highest BCUT2D eigenvalue weighted by molar-refractivity contribution is 5.97. The van der Waals surface area contributed by atoms with Crippen LogP contribution in [0.5, 0.6) is 5.75 Å². The van der Waals surface area contributed by atoms with E-state index in [4.69, 9.17) is 14.6 Å². The van der Waals surface area contributed by atoms with Gasteiger partial charge in [0.05, 0.1) is 34.8 Å². The van der Waals surface area contributed by atoms with Gasteiger partial charge in [0.1, 0.15) is 11.6 Å². The predicted octanol–water partition coefficient (Wildman–Crippen LogP) is 3.60. The molecule has 0 fully saturated rings. The molecule has 7 nitrogen and oxygen atoms in total. The van der Waals surface area contributed by atoms with Gasteiger partial charge in [-0.1, -0.05) is 17.9 Å². The van der Waals surface area contributed by atoms with Crippen molar-refractivity contribution in [3.05, 3.63) is 58.9 Å². The molecule has 3 atom stereocenters. The van der Waals surface area contributed by atoms with Crippen LogP contribution in [0.15, 0.2) is 36.4 Å². The molecular weight excluding hydrogens is 454 g/mol. The van der Waals surface area contributed by atoms with E-state index in [9.17, 15) is 18.7 Å². The molecule has 35 heavy (non-hydrogen) atoms. The fourth-order valence-corrected chi connectivity index (χ4v) is 4.95. The molecule has 0 spiro atoms. The highest BCUT2D eigenvalue weighted by atomic mass is 19.3. The number of carbonyl (C=O) groups is 1. The SMILES string of the molecule is [2H]C([2H])([2H])N1C(=O)c2cccc(OC(F)F)c2[C@H]2C[C@@H]1c1nc3ccc(C#C[C@H](N)CC(C)(C)O)cc3n12. The van der Waals surface area contributed by atoms with Gasteiger partial charge in [-0.3, -0.25) is 4.79 Å². The molecule has 3 heterocycles. The first-order valence-electron chi connectivity index (χ1n) is 12.7. The lowest BCUT2D eigenvalue weighted by Crippen LogP contribution is -2.30. The number of amides is 1. The van der Waals surface area contributed by atoms with Crippen molar-refractivity contribution in [3.8, 4) is 17.6 Å². The van der Waals surface area contributed by atoms with Gasteiger partial charge in [-0.2, -0.15) is 8.78 Å². The Morgan fingerprint density at radius 1 is 1.34 bits per heavy atom. The van der Waals surface area contributed by atoms with Crippen molar-refractivity contribution in [2.24, 2.45) is 5.73 Å². The Morgan fingerprint density at radius 3 is 2.86 bits per heavy atom. The summed E-state index contributed by atoms with van der Waals surface area (Å²) >= 11 is 0. The van der Waals surface area contributed by atoms with Gasteiger partial charge in [0, 0.05) is 40.6 Å². The fraction of sp³-hybridized carbons (Fsp3) is 0.385. The second-order valence-electron chi connectivity index (χ2n) is 9.47. The minimum absolute atomic E-state index is 0.00665. The summed E-state index contributed by atoms with van der Waals surface area (Å²) in [7, 11) is 0. The van der Waals surface area contributed by atoms with Crippen LogP contribution in [0.25, 0.3) is 11.0 Å². The van der Waals surface area contributed by atoms with Crippen molar-refractivity contribution in [1.82, 2.24) is 14.5 Å². The van der Waals surface area contributed by atoms with E-state index in [-0.39, 0.29) is 29.7 Å². The second-order valence-corrected chi connectivity index (χ2v) is 9.47. The standard InChI is InChI=1S/C26H26F2N4O3/c1-26(2,34)13-15(29)9-7-14-8-10-17-18(11-14)32-19-12-20(23(32)30-17)31(3)24(33)16-5-4-6-21(22(16)19)35-25(27)28/h4-6,8,10-11,15,19-20,25,34H,12-13,29H2,1-3H3/t15-,19+,20+/m0/s1/i3D3. The number of halogens is 2. The van der Waals surface area contributed by atoms with E-state index in [2.05, 4.69) is 16.8 Å². The van der Waals surface area contributed by atoms with Gasteiger partial charge in [-0.15, -0.1) is 0 Å². The summed E-state index contributed by atoms with van der Waals surface area (Å²) in [4.78, 5) is 18.9. The summed E-state index contributed by atoms with van der Waals surface area (Å²) in [6.07, 6.45) is 0.405. The van der Waals surface area contributed by atoms with Crippen LogP contribution in [0.1, 0.15) is 70.2 Å². The van der Waals surface area contributed by atoms with E-state index in [0.29, 0.717) is 22.4 Å². The number of aliphatic hydroxyl groups is 1. The van der Waals surface area contributed by atoms with Crippen LogP contribution in [-0.4, -0.2) is 50.7 Å². The van der Waals surface area contributed by atoms with Crippen LogP contribution in [0.4, 0.5) is 8.78 Å². The lowest BCUT2D eigenvalue weighted by molar-refractivity contribution is -0.0507. The maximum Gasteiger partial charge on any atom is 0.387 e. The predicted molar refractivity (Wildman–Crippen MR) is 126 cm³/mol. The average molecular weight is 484 g/mol. The molecule has 0 aliphatic carbocycles. The van der Waals surface area contributed by atoms with E-state index in [1.54, 1.807) is 36.6 Å². The number of hydrogen-bond donors (Lipinski definition) is 2. The molecule has 2 aliphatic rings. The highest BCUT2D eigenvalue weighted by Gasteiger charge is 2.45. The molecule has 2 bridgehead atoms. The second kappa shape index (κ2) is 8.33. The number of nitrogens with zero attached hydrogens (tertiary/aromatic N) is 3. The summed E-state index contributed by atoms with van der Waals surface area (Å²) < 4.78 is 57.5. The molecule has 3 aromatic rings. The van der Waals surface area contributed by atoms with Gasteiger partial charge in [0.15, 0.2) is 0 Å². The number of aromatic nitrogens is 2. The third kappa shape index (κ3) is 4.13. The van der Waals surface area contributed by atoms with Crippen molar-refractivity contribution in [3.63, 3.8) is 0 Å². The topological polar surface area (TPSA) is 93.6 Å². The zero-order chi connectivity index (χ0) is 27.6. The molecule has 2 aliphatic heterocycles. The largest absolute Gasteiger partial charge is 0.434 e. The summed E-state index contributed by atoms with van der Waals surface area (Å²) in [5.41, 5.74) is 6.99. The van der Waals surface area contributed by atoms with E-state index in [1.165, 1.54) is 18.2 Å². The first kappa shape index (κ1) is 19.8. The summed E-state index contributed by atoms with van der Waals surface area (Å²) in [5, 5.41) is 9.98. The Labute approximate surface area is 205 Å². The summed E-state index contributed by atoms with van der Waals surface area (Å²) in [6, 6.07) is 7.24. The van der Waals surface area contributed by atoms with Crippen LogP contribution in [-0.2, 0) is 0 Å². The van der Waals surface area contributed by atoms with E-state index < -0.39 is 43.2 Å². The van der Waals surface area contributed by atoms with Crippen molar-refractivity contribution in [1.29, 1.82) is 0 Å². The number of imidazole rings is 1. The zero-order valence-corrected chi connectivity index (χ0v) is 19.1. The quantitative estimate of drug-likeness (QED) is 0.553. The Balaban J connectivity index is 1.69. The van der Waals surface area contributed by atoms with E-state index in [1.807, 2.05) is 0 Å². The van der Waals surface area contributed by atoms with Crippen LogP contribution in [0.2, 0.25) is 0 Å². The maximum atomic E-state index is 13.5. The molecular formula is C26H26F2N4O3. The number of carbonyl (C=O) groups excluding carboxylic acids is 1. The number of ether oxygens (including phenoxy) is 1. The molecule has 3 N–H and O–H groups in total. The third-order valence-corrected chi connectivity index (χ3v) is 6.27. The zero-order valence-electron chi connectivity index (χ0n) is 22.1. The Kier molecular flexibility index (Phi) is 4.71. The number of hydrogen-bond acceptors (Lipinski definition) is 5. The van der Waals surface area contributed by atoms with Gasteiger partial charge in [-0.05, 0) is 44.2 Å². The van der Waals surface area contributed by atoms with Gasteiger partial charge < -0.3 is 25.0 Å². The molecule has 0 saturated heterocycles. The Morgan fingerprint density at radius 2 is 2.14 bits per heavy atom. The maximum absolute atomic E-state index is 13.5. The smallest absolute Gasteiger partial charge is 0.387 e. The van der Waals surface area contributed by atoms with Crippen molar-refractivity contribution in [2.45, 2.75) is 57.0 Å². The third-order valence-electron chi connectivity index (χ3n) is 6.27. The monoisotopic (exact) mass is 483 g/mol. The van der Waals surface area contributed by atoms with E-state index in [0.717, 1.165) is 4.90 Å². The van der Waals surface area contributed by atoms with Gasteiger partial charge in [-0.25, -0.2) is 4.98 Å². The van der Waals surface area contributed by atoms with Gasteiger partial charge >= 0.3 is 6.61 Å². The number of alkyl halides is 2.